The van der Waals surface area contributed by atoms with E-state index in [2.05, 4.69) is 0 Å². The molecule has 0 spiro atoms. The summed E-state index contributed by atoms with van der Waals surface area (Å²) in [4.78, 5) is 49.4. The molecule has 226 valence electrons. The highest BCUT2D eigenvalue weighted by Gasteiger charge is 2.37. The van der Waals surface area contributed by atoms with E-state index in [1.54, 1.807) is 13.0 Å². The lowest BCUT2D eigenvalue weighted by molar-refractivity contribution is -0.145. The second-order valence-electron chi connectivity index (χ2n) is 12.9. The maximum Gasteiger partial charge on any atom is 0.508 e. The van der Waals surface area contributed by atoms with Crippen molar-refractivity contribution in [1.29, 1.82) is 0 Å². The number of esters is 2. The Morgan fingerprint density at radius 3 is 1.82 bits per heavy atom. The minimum Gasteiger partial charge on any atom is -0.480 e. The molecule has 0 aromatic heterocycles. The number of ether oxygens (including phenoxy) is 4. The van der Waals surface area contributed by atoms with Crippen molar-refractivity contribution >= 4 is 24.1 Å². The maximum atomic E-state index is 12.6. The molecule has 0 saturated heterocycles. The Hall–Kier alpha value is -3.14. The molecule has 40 heavy (non-hydrogen) atoms. The SMILES string of the molecule is CCCC(C)OC(=O)O[C@@H](C)CC(N)(Cc1ccc(OC(=O)CC(C)(C)C)c(OC(=O)CC(C)(C)C)c1)C(=O)O. The lowest BCUT2D eigenvalue weighted by Crippen LogP contribution is -2.52. The predicted octanol–water partition coefficient (Wildman–Crippen LogP) is 5.81. The van der Waals surface area contributed by atoms with Crippen LogP contribution in [0.15, 0.2) is 18.2 Å². The summed E-state index contributed by atoms with van der Waals surface area (Å²) in [6.45, 7) is 16.6. The van der Waals surface area contributed by atoms with E-state index in [0.29, 0.717) is 12.0 Å². The van der Waals surface area contributed by atoms with Gasteiger partial charge in [0, 0.05) is 12.8 Å². The fourth-order valence-electron chi connectivity index (χ4n) is 3.99. The number of rotatable bonds is 13. The molecule has 0 saturated carbocycles. The zero-order valence-corrected chi connectivity index (χ0v) is 25.4. The molecule has 1 aromatic rings. The molecule has 0 amide bonds. The highest BCUT2D eigenvalue weighted by Crippen LogP contribution is 2.33. The normalized spacial score (nSPS) is 14.8. The largest absolute Gasteiger partial charge is 0.508 e. The number of nitrogens with two attached hydrogens (primary N) is 1. The lowest BCUT2D eigenvalue weighted by Gasteiger charge is -2.28. The third kappa shape index (κ3) is 13.3. The summed E-state index contributed by atoms with van der Waals surface area (Å²) in [5.74, 6) is -2.31. The van der Waals surface area contributed by atoms with Gasteiger partial charge in [0.25, 0.3) is 0 Å². The first kappa shape index (κ1) is 34.9. The van der Waals surface area contributed by atoms with Gasteiger partial charge in [-0.3, -0.25) is 14.4 Å². The highest BCUT2D eigenvalue weighted by atomic mass is 16.7. The van der Waals surface area contributed by atoms with Crippen LogP contribution in [0.25, 0.3) is 0 Å². The lowest BCUT2D eigenvalue weighted by atomic mass is 9.86. The van der Waals surface area contributed by atoms with E-state index in [0.717, 1.165) is 6.42 Å². The van der Waals surface area contributed by atoms with Crippen molar-refractivity contribution in [2.24, 2.45) is 16.6 Å². The van der Waals surface area contributed by atoms with Crippen molar-refractivity contribution in [3.05, 3.63) is 23.8 Å². The van der Waals surface area contributed by atoms with Crippen LogP contribution in [0.3, 0.4) is 0 Å². The average molecular weight is 566 g/mol. The molecular weight excluding hydrogens is 518 g/mol. The molecule has 0 aliphatic rings. The van der Waals surface area contributed by atoms with Gasteiger partial charge in [0.1, 0.15) is 17.7 Å². The Morgan fingerprint density at radius 2 is 1.35 bits per heavy atom. The maximum absolute atomic E-state index is 12.6. The summed E-state index contributed by atoms with van der Waals surface area (Å²) >= 11 is 0. The summed E-state index contributed by atoms with van der Waals surface area (Å²) in [6.07, 6.45) is -0.738. The highest BCUT2D eigenvalue weighted by molar-refractivity contribution is 5.80. The second kappa shape index (κ2) is 14.5. The third-order valence-corrected chi connectivity index (χ3v) is 5.69. The van der Waals surface area contributed by atoms with Gasteiger partial charge in [-0.15, -0.1) is 0 Å². The second-order valence-corrected chi connectivity index (χ2v) is 12.9. The number of carboxylic acid groups (broad SMARTS) is 1. The van der Waals surface area contributed by atoms with Crippen LogP contribution in [0.1, 0.15) is 100.0 Å². The van der Waals surface area contributed by atoms with E-state index in [-0.39, 0.29) is 54.1 Å². The molecule has 10 nitrogen and oxygen atoms in total. The molecule has 0 bridgehead atoms. The monoisotopic (exact) mass is 565 g/mol. The van der Waals surface area contributed by atoms with Gasteiger partial charge in [-0.05, 0) is 48.8 Å². The summed E-state index contributed by atoms with van der Waals surface area (Å²) in [6, 6.07) is 4.44. The quantitative estimate of drug-likeness (QED) is 0.221. The number of carbonyl (C=O) groups is 4. The Balaban J connectivity index is 3.19. The zero-order chi connectivity index (χ0) is 30.9. The standard InChI is InChI=1S/C30H47NO9/c1-10-11-19(2)37-27(36)38-20(3)15-30(31,26(34)35)16-21-12-13-22(39-24(32)17-28(4,5)6)23(14-21)40-25(33)18-29(7,8)9/h12-14,19-20H,10-11,15-18,31H2,1-9H3,(H,34,35)/t19?,20-,30?/m0/s1. The summed E-state index contributed by atoms with van der Waals surface area (Å²) in [5, 5.41) is 9.96. The van der Waals surface area contributed by atoms with Gasteiger partial charge in [-0.1, -0.05) is 61.0 Å². The van der Waals surface area contributed by atoms with Gasteiger partial charge in [0.15, 0.2) is 11.5 Å². The zero-order valence-electron chi connectivity index (χ0n) is 25.4. The number of hydrogen-bond donors (Lipinski definition) is 2. The molecule has 0 aliphatic heterocycles. The van der Waals surface area contributed by atoms with Crippen LogP contribution < -0.4 is 15.2 Å². The van der Waals surface area contributed by atoms with E-state index in [1.807, 2.05) is 48.5 Å². The summed E-state index contributed by atoms with van der Waals surface area (Å²) in [7, 11) is 0. The molecule has 0 heterocycles. The van der Waals surface area contributed by atoms with Gasteiger partial charge >= 0.3 is 24.1 Å². The van der Waals surface area contributed by atoms with E-state index in [9.17, 15) is 24.3 Å². The summed E-state index contributed by atoms with van der Waals surface area (Å²) < 4.78 is 21.5. The van der Waals surface area contributed by atoms with Crippen molar-refractivity contribution < 1.29 is 43.2 Å². The Bertz CT molecular complexity index is 1040. The van der Waals surface area contributed by atoms with E-state index in [4.69, 9.17) is 24.7 Å². The smallest absolute Gasteiger partial charge is 0.480 e. The average Bonchev–Trinajstić information content (AvgIpc) is 2.72. The van der Waals surface area contributed by atoms with Crippen LogP contribution in [0.4, 0.5) is 4.79 Å². The van der Waals surface area contributed by atoms with Gasteiger partial charge in [0.05, 0.1) is 12.8 Å². The molecule has 1 rings (SSSR count). The first-order valence-corrected chi connectivity index (χ1v) is 13.7. The van der Waals surface area contributed by atoms with Gasteiger partial charge < -0.3 is 29.8 Å². The number of benzene rings is 1. The minimum absolute atomic E-state index is 0.0143. The topological polar surface area (TPSA) is 151 Å². The Morgan fingerprint density at radius 1 is 0.850 bits per heavy atom. The van der Waals surface area contributed by atoms with Gasteiger partial charge in [-0.25, -0.2) is 4.79 Å². The fourth-order valence-corrected chi connectivity index (χ4v) is 3.99. The number of carboxylic acids is 1. The summed E-state index contributed by atoms with van der Waals surface area (Å²) in [5.41, 5.74) is 4.22. The molecule has 0 fully saturated rings. The van der Waals surface area contributed by atoms with E-state index in [1.165, 1.54) is 19.1 Å². The van der Waals surface area contributed by atoms with Crippen LogP contribution in [-0.2, 0) is 30.3 Å². The molecule has 0 radical (unpaired) electrons. The number of hydrogen-bond acceptors (Lipinski definition) is 9. The predicted molar refractivity (Wildman–Crippen MR) is 150 cm³/mol. The van der Waals surface area contributed by atoms with Crippen molar-refractivity contribution in [3.8, 4) is 11.5 Å². The van der Waals surface area contributed by atoms with E-state index < -0.39 is 35.7 Å². The van der Waals surface area contributed by atoms with Gasteiger partial charge in [0.2, 0.25) is 0 Å². The molecule has 3 N–H and O–H groups in total. The molecule has 3 atom stereocenters. The molecule has 2 unspecified atom stereocenters. The van der Waals surface area contributed by atoms with Crippen molar-refractivity contribution in [1.82, 2.24) is 0 Å². The van der Waals surface area contributed by atoms with Crippen molar-refractivity contribution in [2.45, 2.75) is 119 Å². The van der Waals surface area contributed by atoms with Gasteiger partial charge in [-0.2, -0.15) is 0 Å². The Labute approximate surface area is 237 Å². The third-order valence-electron chi connectivity index (χ3n) is 5.69. The first-order chi connectivity index (χ1) is 18.2. The first-order valence-electron chi connectivity index (χ1n) is 13.7. The minimum atomic E-state index is -1.83. The van der Waals surface area contributed by atoms with Crippen LogP contribution >= 0.6 is 0 Å². The molecule has 0 aliphatic carbocycles. The number of carbonyl (C=O) groups excluding carboxylic acids is 3. The molecule has 10 heteroatoms. The fraction of sp³-hybridized carbons (Fsp3) is 0.667. The van der Waals surface area contributed by atoms with Crippen molar-refractivity contribution in [3.63, 3.8) is 0 Å². The number of aliphatic carboxylic acids is 1. The Kier molecular flexibility index (Phi) is 12.6. The molecule has 1 aromatic carbocycles. The van der Waals surface area contributed by atoms with Crippen LogP contribution in [0.5, 0.6) is 11.5 Å². The van der Waals surface area contributed by atoms with Crippen LogP contribution in [0, 0.1) is 10.8 Å². The molecular formula is C30H47NO9. The van der Waals surface area contributed by atoms with Crippen LogP contribution in [-0.4, -0.2) is 46.9 Å². The van der Waals surface area contributed by atoms with Crippen LogP contribution in [0.2, 0.25) is 0 Å². The van der Waals surface area contributed by atoms with E-state index >= 15 is 0 Å². The van der Waals surface area contributed by atoms with Crippen molar-refractivity contribution in [2.75, 3.05) is 0 Å².